The highest BCUT2D eigenvalue weighted by Crippen LogP contribution is 2.17. The van der Waals surface area contributed by atoms with Crippen LogP contribution in [0.25, 0.3) is 0 Å². The molecule has 19 heavy (non-hydrogen) atoms. The van der Waals surface area contributed by atoms with Gasteiger partial charge in [0.05, 0.1) is 5.75 Å². The molecule has 0 atom stereocenters. The van der Waals surface area contributed by atoms with Crippen LogP contribution in [0.4, 0.5) is 14.5 Å². The normalized spacial score (nSPS) is 11.4. The van der Waals surface area contributed by atoms with Crippen LogP contribution in [0.2, 0.25) is 0 Å². The van der Waals surface area contributed by atoms with E-state index in [0.717, 1.165) is 6.26 Å². The minimum atomic E-state index is -3.20. The molecule has 0 radical (unpaired) electrons. The lowest BCUT2D eigenvalue weighted by atomic mass is 10.3. The van der Waals surface area contributed by atoms with Gasteiger partial charge < -0.3 is 10.1 Å². The number of hydrogen-bond donors (Lipinski definition) is 1. The third-order valence-corrected chi connectivity index (χ3v) is 3.01. The first kappa shape index (κ1) is 15.4. The van der Waals surface area contributed by atoms with E-state index in [4.69, 9.17) is 0 Å². The molecular weight excluding hydrogens is 280 g/mol. The fourth-order valence-electron chi connectivity index (χ4n) is 1.22. The third kappa shape index (κ3) is 6.70. The number of ether oxygens (including phenoxy) is 1. The minimum absolute atomic E-state index is 0.0239. The number of nitrogens with one attached hydrogen (secondary N) is 1. The molecule has 1 rings (SSSR count). The van der Waals surface area contributed by atoms with E-state index in [-0.39, 0.29) is 17.9 Å². The van der Waals surface area contributed by atoms with E-state index < -0.39 is 22.4 Å². The van der Waals surface area contributed by atoms with E-state index >= 15 is 0 Å². The lowest BCUT2D eigenvalue weighted by Gasteiger charge is -2.07. The maximum Gasteiger partial charge on any atom is 0.387 e. The van der Waals surface area contributed by atoms with Crippen molar-refractivity contribution in [1.29, 1.82) is 0 Å². The molecule has 1 aromatic carbocycles. The molecule has 0 aliphatic rings. The monoisotopic (exact) mass is 293 g/mol. The van der Waals surface area contributed by atoms with E-state index in [1.54, 1.807) is 0 Å². The summed E-state index contributed by atoms with van der Waals surface area (Å²) in [6.45, 7) is -2.91. The van der Waals surface area contributed by atoms with E-state index in [1.165, 1.54) is 24.3 Å². The predicted molar refractivity (Wildman–Crippen MR) is 66.0 cm³/mol. The smallest absolute Gasteiger partial charge is 0.387 e. The Morgan fingerprint density at radius 3 is 2.37 bits per heavy atom. The molecule has 0 spiro atoms. The molecule has 0 fully saturated rings. The molecule has 0 heterocycles. The highest BCUT2D eigenvalue weighted by atomic mass is 32.2. The van der Waals surface area contributed by atoms with Gasteiger partial charge in [0.25, 0.3) is 0 Å². The molecule has 0 saturated heterocycles. The topological polar surface area (TPSA) is 72.5 Å². The van der Waals surface area contributed by atoms with Crippen molar-refractivity contribution in [3.63, 3.8) is 0 Å². The van der Waals surface area contributed by atoms with E-state index in [2.05, 4.69) is 10.1 Å². The first-order valence-corrected chi connectivity index (χ1v) is 7.35. The van der Waals surface area contributed by atoms with Crippen LogP contribution in [-0.2, 0) is 14.6 Å². The number of alkyl halides is 2. The maximum atomic E-state index is 11.9. The zero-order valence-corrected chi connectivity index (χ0v) is 10.9. The van der Waals surface area contributed by atoms with Crippen molar-refractivity contribution >= 4 is 21.4 Å². The summed E-state index contributed by atoms with van der Waals surface area (Å²) < 4.78 is 49.7. The highest BCUT2D eigenvalue weighted by molar-refractivity contribution is 7.90. The van der Waals surface area contributed by atoms with Crippen LogP contribution in [0.5, 0.6) is 5.75 Å². The first-order valence-electron chi connectivity index (χ1n) is 5.29. The third-order valence-electron chi connectivity index (χ3n) is 2.06. The molecule has 0 aliphatic heterocycles. The van der Waals surface area contributed by atoms with Gasteiger partial charge in [-0.1, -0.05) is 0 Å². The lowest BCUT2D eigenvalue weighted by Crippen LogP contribution is -2.16. The number of carbonyl (C=O) groups excluding carboxylic acids is 1. The fraction of sp³-hybridized carbons (Fsp3) is 0.364. The molecule has 1 amide bonds. The number of halogens is 2. The van der Waals surface area contributed by atoms with Crippen LogP contribution < -0.4 is 10.1 Å². The molecule has 0 aliphatic carbocycles. The summed E-state index contributed by atoms with van der Waals surface area (Å²) in [7, 11) is -3.20. The Labute approximate surface area is 109 Å². The second-order valence-electron chi connectivity index (χ2n) is 3.83. The number of sulfone groups is 1. The Balaban J connectivity index is 2.51. The van der Waals surface area contributed by atoms with Crippen molar-refractivity contribution < 1.29 is 26.7 Å². The average Bonchev–Trinajstić information content (AvgIpc) is 2.28. The highest BCUT2D eigenvalue weighted by Gasteiger charge is 2.09. The summed E-state index contributed by atoms with van der Waals surface area (Å²) in [5.74, 6) is -0.733. The van der Waals surface area contributed by atoms with Crippen molar-refractivity contribution in [3.8, 4) is 5.75 Å². The van der Waals surface area contributed by atoms with E-state index in [0.29, 0.717) is 5.69 Å². The fourth-order valence-corrected chi connectivity index (χ4v) is 1.78. The molecule has 0 aromatic heterocycles. The van der Waals surface area contributed by atoms with Crippen molar-refractivity contribution in [1.82, 2.24) is 0 Å². The van der Waals surface area contributed by atoms with Crippen LogP contribution in [0.1, 0.15) is 6.42 Å². The number of amides is 1. The van der Waals surface area contributed by atoms with Gasteiger partial charge in [-0.05, 0) is 24.3 Å². The van der Waals surface area contributed by atoms with Gasteiger partial charge in [-0.15, -0.1) is 0 Å². The molecule has 106 valence electrons. The second-order valence-corrected chi connectivity index (χ2v) is 6.09. The van der Waals surface area contributed by atoms with Crippen LogP contribution in [0, 0.1) is 0 Å². The zero-order chi connectivity index (χ0) is 14.5. The number of anilines is 1. The largest absolute Gasteiger partial charge is 0.435 e. The van der Waals surface area contributed by atoms with Gasteiger partial charge in [0.1, 0.15) is 15.6 Å². The standard InChI is InChI=1S/C11H13F2NO4S/c1-19(16,17)7-6-10(15)14-8-2-4-9(5-3-8)18-11(12)13/h2-5,11H,6-7H2,1H3,(H,14,15). The SMILES string of the molecule is CS(=O)(=O)CCC(=O)Nc1ccc(OC(F)F)cc1. The summed E-state index contributed by atoms with van der Waals surface area (Å²) in [5.41, 5.74) is 0.375. The molecule has 0 saturated carbocycles. The van der Waals surface area contributed by atoms with Gasteiger partial charge in [0, 0.05) is 18.4 Å². The summed E-state index contributed by atoms with van der Waals surface area (Å²) in [6.07, 6.45) is 0.880. The first-order chi connectivity index (χ1) is 8.76. The Bertz CT molecular complexity index is 528. The maximum absolute atomic E-state index is 11.9. The average molecular weight is 293 g/mol. The number of benzene rings is 1. The Kier molecular flexibility index (Phi) is 5.22. The number of carbonyl (C=O) groups is 1. The van der Waals surface area contributed by atoms with Gasteiger partial charge in [-0.25, -0.2) is 8.42 Å². The Hall–Kier alpha value is -1.70. The Morgan fingerprint density at radius 1 is 1.32 bits per heavy atom. The summed E-state index contributed by atoms with van der Waals surface area (Å²) in [5, 5.41) is 2.45. The Morgan fingerprint density at radius 2 is 1.89 bits per heavy atom. The summed E-state index contributed by atoms with van der Waals surface area (Å²) in [4.78, 5) is 11.4. The van der Waals surface area contributed by atoms with E-state index in [1.807, 2.05) is 0 Å². The molecule has 1 aromatic rings. The molecule has 0 unspecified atom stereocenters. The number of hydrogen-bond acceptors (Lipinski definition) is 4. The zero-order valence-electron chi connectivity index (χ0n) is 10.1. The summed E-state index contributed by atoms with van der Waals surface area (Å²) in [6, 6.07) is 5.32. The van der Waals surface area contributed by atoms with Crippen LogP contribution in [0.3, 0.4) is 0 Å². The van der Waals surface area contributed by atoms with Gasteiger partial charge in [0.2, 0.25) is 5.91 Å². The van der Waals surface area contributed by atoms with Crippen molar-refractivity contribution in [2.24, 2.45) is 0 Å². The molecule has 5 nitrogen and oxygen atoms in total. The van der Waals surface area contributed by atoms with Crippen LogP contribution in [0.15, 0.2) is 24.3 Å². The van der Waals surface area contributed by atoms with Gasteiger partial charge in [0.15, 0.2) is 0 Å². The van der Waals surface area contributed by atoms with Crippen molar-refractivity contribution in [2.45, 2.75) is 13.0 Å². The molecular formula is C11H13F2NO4S. The second kappa shape index (κ2) is 6.46. The van der Waals surface area contributed by atoms with Gasteiger partial charge in [-0.3, -0.25) is 4.79 Å². The van der Waals surface area contributed by atoms with Crippen molar-refractivity contribution in [2.75, 3.05) is 17.3 Å². The van der Waals surface area contributed by atoms with E-state index in [9.17, 15) is 22.0 Å². The predicted octanol–water partition coefficient (Wildman–Crippen LogP) is 1.66. The number of rotatable bonds is 6. The molecule has 8 heteroatoms. The van der Waals surface area contributed by atoms with Gasteiger partial charge in [-0.2, -0.15) is 8.78 Å². The summed E-state index contributed by atoms with van der Waals surface area (Å²) >= 11 is 0. The minimum Gasteiger partial charge on any atom is -0.435 e. The lowest BCUT2D eigenvalue weighted by molar-refractivity contribution is -0.115. The molecule has 0 bridgehead atoms. The van der Waals surface area contributed by atoms with Crippen molar-refractivity contribution in [3.05, 3.63) is 24.3 Å². The molecule has 1 N–H and O–H groups in total. The van der Waals surface area contributed by atoms with Gasteiger partial charge >= 0.3 is 6.61 Å². The van der Waals surface area contributed by atoms with Crippen LogP contribution >= 0.6 is 0 Å². The quantitative estimate of drug-likeness (QED) is 0.865. The van der Waals surface area contributed by atoms with Crippen LogP contribution in [-0.4, -0.2) is 32.9 Å².